The van der Waals surface area contributed by atoms with Crippen LogP contribution in [0.25, 0.3) is 0 Å². The maximum Gasteiger partial charge on any atom is 0.266 e. The molecular formula is C11H23NNaO4S. The van der Waals surface area contributed by atoms with Crippen molar-refractivity contribution in [3.8, 4) is 0 Å². The van der Waals surface area contributed by atoms with Crippen molar-refractivity contribution in [2.24, 2.45) is 0 Å². The fourth-order valence-corrected chi connectivity index (χ4v) is 1.95. The summed E-state index contributed by atoms with van der Waals surface area (Å²) in [7, 11) is -2.42. The standard InChI is InChI=1S/C11H23NO4S.Na/c1-3-4-5-6-7-8-11(13)12(2)9-10-17(14,15)16;/h3-10H2,1-2H3,(H,14,15,16);. The second kappa shape index (κ2) is 11.2. The molecule has 18 heavy (non-hydrogen) atoms. The minimum atomic E-state index is -3.98. The first-order valence-electron chi connectivity index (χ1n) is 6.06. The third-order valence-electron chi connectivity index (χ3n) is 2.60. The van der Waals surface area contributed by atoms with Gasteiger partial charge in [0.1, 0.15) is 0 Å². The second-order valence-corrected chi connectivity index (χ2v) is 5.84. The summed E-state index contributed by atoms with van der Waals surface area (Å²) < 4.78 is 29.6. The van der Waals surface area contributed by atoms with Gasteiger partial charge in [-0.1, -0.05) is 32.6 Å². The maximum atomic E-state index is 11.5. The van der Waals surface area contributed by atoms with Crippen LogP contribution in [-0.4, -0.2) is 72.7 Å². The summed E-state index contributed by atoms with van der Waals surface area (Å²) in [4.78, 5) is 12.9. The molecule has 1 N–H and O–H groups in total. The molecule has 0 aromatic heterocycles. The van der Waals surface area contributed by atoms with E-state index in [1.165, 1.54) is 17.7 Å². The molecule has 0 saturated carbocycles. The van der Waals surface area contributed by atoms with E-state index in [0.717, 1.165) is 19.3 Å². The van der Waals surface area contributed by atoms with Crippen molar-refractivity contribution in [2.75, 3.05) is 19.3 Å². The molecule has 0 bridgehead atoms. The molecule has 0 aliphatic carbocycles. The first-order valence-corrected chi connectivity index (χ1v) is 7.67. The van der Waals surface area contributed by atoms with Gasteiger partial charge in [-0.25, -0.2) is 0 Å². The average molecular weight is 288 g/mol. The molecule has 0 heterocycles. The van der Waals surface area contributed by atoms with E-state index in [1.54, 1.807) is 7.05 Å². The van der Waals surface area contributed by atoms with E-state index < -0.39 is 15.9 Å². The van der Waals surface area contributed by atoms with Gasteiger partial charge in [0.2, 0.25) is 5.91 Å². The number of rotatable bonds is 9. The molecule has 0 aliphatic heterocycles. The summed E-state index contributed by atoms with van der Waals surface area (Å²) in [5, 5.41) is 0. The Morgan fingerprint density at radius 2 is 1.72 bits per heavy atom. The Morgan fingerprint density at radius 3 is 2.22 bits per heavy atom. The molecule has 103 valence electrons. The summed E-state index contributed by atoms with van der Waals surface area (Å²) in [5.74, 6) is -0.462. The summed E-state index contributed by atoms with van der Waals surface area (Å²) in [6.07, 6.45) is 5.82. The predicted molar refractivity (Wildman–Crippen MR) is 73.2 cm³/mol. The number of unbranched alkanes of at least 4 members (excludes halogenated alkanes) is 4. The van der Waals surface area contributed by atoms with E-state index >= 15 is 0 Å². The van der Waals surface area contributed by atoms with E-state index in [9.17, 15) is 13.2 Å². The summed E-state index contributed by atoms with van der Waals surface area (Å²) in [5.41, 5.74) is 0. The molecule has 0 atom stereocenters. The molecule has 1 radical (unpaired) electrons. The van der Waals surface area contributed by atoms with Gasteiger partial charge in [-0.15, -0.1) is 0 Å². The van der Waals surface area contributed by atoms with E-state index in [4.69, 9.17) is 4.55 Å². The molecule has 7 heteroatoms. The van der Waals surface area contributed by atoms with Crippen molar-refractivity contribution in [3.05, 3.63) is 0 Å². The normalized spacial score (nSPS) is 10.8. The van der Waals surface area contributed by atoms with E-state index in [1.807, 2.05) is 0 Å². The van der Waals surface area contributed by atoms with Crippen LogP contribution in [-0.2, 0) is 14.9 Å². The first kappa shape index (κ1) is 20.7. The van der Waals surface area contributed by atoms with Crippen LogP contribution in [0, 0.1) is 0 Å². The molecule has 0 rings (SSSR count). The van der Waals surface area contributed by atoms with Crippen LogP contribution in [0.3, 0.4) is 0 Å². The molecule has 0 unspecified atom stereocenters. The summed E-state index contributed by atoms with van der Waals surface area (Å²) >= 11 is 0. The van der Waals surface area contributed by atoms with Gasteiger partial charge < -0.3 is 4.90 Å². The number of nitrogens with zero attached hydrogens (tertiary/aromatic N) is 1. The fraction of sp³-hybridized carbons (Fsp3) is 0.909. The van der Waals surface area contributed by atoms with Gasteiger partial charge in [-0.05, 0) is 6.42 Å². The van der Waals surface area contributed by atoms with Gasteiger partial charge in [0.15, 0.2) is 0 Å². The van der Waals surface area contributed by atoms with E-state index in [2.05, 4.69) is 6.92 Å². The van der Waals surface area contributed by atoms with Gasteiger partial charge >= 0.3 is 0 Å². The Bertz CT molecular complexity index is 319. The van der Waals surface area contributed by atoms with Gasteiger partial charge in [-0.2, -0.15) is 8.42 Å². The first-order chi connectivity index (χ1) is 7.87. The SMILES string of the molecule is CCCCCCCC(=O)N(C)CCS(=O)(=O)O.[Na]. The molecule has 0 spiro atoms. The third-order valence-corrected chi connectivity index (χ3v) is 3.30. The topological polar surface area (TPSA) is 74.7 Å². The number of amides is 1. The maximum absolute atomic E-state index is 11.5. The average Bonchev–Trinajstić information content (AvgIpc) is 2.24. The number of hydrogen-bond donors (Lipinski definition) is 1. The van der Waals surface area contributed by atoms with Crippen molar-refractivity contribution in [1.29, 1.82) is 0 Å². The molecule has 5 nitrogen and oxygen atoms in total. The third kappa shape index (κ3) is 12.8. The summed E-state index contributed by atoms with van der Waals surface area (Å²) in [6, 6.07) is 0. The van der Waals surface area contributed by atoms with Crippen molar-refractivity contribution in [2.45, 2.75) is 45.4 Å². The van der Waals surface area contributed by atoms with Crippen LogP contribution in [0.1, 0.15) is 45.4 Å². The van der Waals surface area contributed by atoms with Crippen molar-refractivity contribution in [3.63, 3.8) is 0 Å². The van der Waals surface area contributed by atoms with Gasteiger partial charge in [0, 0.05) is 49.6 Å². The summed E-state index contributed by atoms with van der Waals surface area (Å²) in [6.45, 7) is 2.18. The Labute approximate surface area is 132 Å². The molecule has 1 amide bonds. The van der Waals surface area contributed by atoms with Crippen LogP contribution in [0.15, 0.2) is 0 Å². The number of hydrogen-bond acceptors (Lipinski definition) is 3. The molecule has 0 aromatic rings. The zero-order chi connectivity index (χ0) is 13.3. The van der Waals surface area contributed by atoms with Crippen molar-refractivity contribution < 1.29 is 17.8 Å². The molecule has 0 aromatic carbocycles. The van der Waals surface area contributed by atoms with Crippen LogP contribution < -0.4 is 0 Å². The van der Waals surface area contributed by atoms with Crippen LogP contribution in [0.4, 0.5) is 0 Å². The molecule has 0 aliphatic rings. The van der Waals surface area contributed by atoms with Crippen LogP contribution in [0.2, 0.25) is 0 Å². The minimum absolute atomic E-state index is 0. The second-order valence-electron chi connectivity index (χ2n) is 4.27. The van der Waals surface area contributed by atoms with Gasteiger partial charge in [0.05, 0.1) is 5.75 Å². The van der Waals surface area contributed by atoms with E-state index in [-0.39, 0.29) is 42.0 Å². The van der Waals surface area contributed by atoms with Crippen LogP contribution >= 0.6 is 0 Å². The number of carbonyl (C=O) groups is 1. The van der Waals surface area contributed by atoms with Gasteiger partial charge in [0.25, 0.3) is 10.1 Å². The Hall–Kier alpha value is 0.380. The molecule has 0 fully saturated rings. The number of carbonyl (C=O) groups excluding carboxylic acids is 1. The van der Waals surface area contributed by atoms with Crippen molar-refractivity contribution >= 4 is 45.6 Å². The van der Waals surface area contributed by atoms with E-state index in [0.29, 0.717) is 6.42 Å². The largest absolute Gasteiger partial charge is 0.345 e. The Kier molecular flexibility index (Phi) is 12.9. The van der Waals surface area contributed by atoms with Crippen molar-refractivity contribution in [1.82, 2.24) is 4.90 Å². The Balaban J connectivity index is 0. The molecule has 0 saturated heterocycles. The molecular weight excluding hydrogens is 265 g/mol. The minimum Gasteiger partial charge on any atom is -0.345 e. The van der Waals surface area contributed by atoms with Gasteiger partial charge in [-0.3, -0.25) is 9.35 Å². The zero-order valence-electron chi connectivity index (χ0n) is 11.7. The van der Waals surface area contributed by atoms with Crippen LogP contribution in [0.5, 0.6) is 0 Å². The monoisotopic (exact) mass is 288 g/mol. The smallest absolute Gasteiger partial charge is 0.266 e. The zero-order valence-corrected chi connectivity index (χ0v) is 14.5. The quantitative estimate of drug-likeness (QED) is 0.394. The predicted octanol–water partition coefficient (Wildman–Crippen LogP) is 1.31. The fourth-order valence-electron chi connectivity index (χ4n) is 1.45. The Morgan fingerprint density at radius 1 is 1.17 bits per heavy atom.